The number of cyclic esters (lactones) is 1. The Morgan fingerprint density at radius 1 is 1.44 bits per heavy atom. The third kappa shape index (κ3) is 2.34. The maximum atomic E-state index is 11.3. The molecule has 2 rings (SSSR count). The number of fused-ring (bicyclic) bond motifs is 1. The number of benzene rings is 1. The van der Waals surface area contributed by atoms with E-state index in [0.717, 1.165) is 5.56 Å². The van der Waals surface area contributed by atoms with Crippen LogP contribution < -0.4 is 5.73 Å². The van der Waals surface area contributed by atoms with Gasteiger partial charge in [0.15, 0.2) is 0 Å². The summed E-state index contributed by atoms with van der Waals surface area (Å²) in [6.45, 7) is 0.217. The molecular formula is C12H13NO5. The Balaban J connectivity index is 2.21. The zero-order valence-electron chi connectivity index (χ0n) is 9.50. The van der Waals surface area contributed by atoms with E-state index in [-0.39, 0.29) is 13.0 Å². The molecule has 0 aliphatic carbocycles. The highest BCUT2D eigenvalue weighted by atomic mass is 16.5. The second kappa shape index (κ2) is 4.75. The molecule has 0 bridgehead atoms. The SMILES string of the molecule is NC(=O)CC(O)C(O)c1ccc2c(c1)C(=O)OC2. The molecular weight excluding hydrogens is 238 g/mol. The lowest BCUT2D eigenvalue weighted by atomic mass is 9.98. The van der Waals surface area contributed by atoms with Crippen LogP contribution in [0.25, 0.3) is 0 Å². The number of aliphatic hydroxyl groups excluding tert-OH is 2. The van der Waals surface area contributed by atoms with Crippen molar-refractivity contribution in [2.24, 2.45) is 5.73 Å². The third-order valence-electron chi connectivity index (χ3n) is 2.83. The Morgan fingerprint density at radius 2 is 2.17 bits per heavy atom. The van der Waals surface area contributed by atoms with Crippen LogP contribution in [0, 0.1) is 0 Å². The molecule has 1 heterocycles. The minimum Gasteiger partial charge on any atom is -0.457 e. The highest BCUT2D eigenvalue weighted by Gasteiger charge is 2.25. The molecule has 2 unspecified atom stereocenters. The molecule has 2 atom stereocenters. The summed E-state index contributed by atoms with van der Waals surface area (Å²) in [5, 5.41) is 19.4. The van der Waals surface area contributed by atoms with Gasteiger partial charge in [-0.2, -0.15) is 0 Å². The van der Waals surface area contributed by atoms with Crippen molar-refractivity contribution < 1.29 is 24.5 Å². The molecule has 0 spiro atoms. The van der Waals surface area contributed by atoms with Crippen LogP contribution in [-0.4, -0.2) is 28.2 Å². The average molecular weight is 251 g/mol. The topological polar surface area (TPSA) is 110 Å². The van der Waals surface area contributed by atoms with Crippen molar-refractivity contribution in [3.05, 3.63) is 34.9 Å². The second-order valence-corrected chi connectivity index (χ2v) is 4.18. The fourth-order valence-electron chi connectivity index (χ4n) is 1.85. The van der Waals surface area contributed by atoms with Gasteiger partial charge >= 0.3 is 5.97 Å². The van der Waals surface area contributed by atoms with Crippen molar-refractivity contribution in [2.45, 2.75) is 25.2 Å². The summed E-state index contributed by atoms with van der Waals surface area (Å²) in [6, 6.07) is 4.69. The maximum absolute atomic E-state index is 11.3. The van der Waals surface area contributed by atoms with Gasteiger partial charge in [0.1, 0.15) is 12.7 Å². The predicted molar refractivity (Wildman–Crippen MR) is 60.3 cm³/mol. The Hall–Kier alpha value is -1.92. The number of esters is 1. The fourth-order valence-corrected chi connectivity index (χ4v) is 1.85. The number of hydrogen-bond acceptors (Lipinski definition) is 5. The van der Waals surface area contributed by atoms with Crippen LogP contribution in [0.15, 0.2) is 18.2 Å². The number of carbonyl (C=O) groups excluding carboxylic acids is 2. The smallest absolute Gasteiger partial charge is 0.338 e. The first-order chi connectivity index (χ1) is 8.49. The van der Waals surface area contributed by atoms with Crippen molar-refractivity contribution in [2.75, 3.05) is 0 Å². The zero-order valence-corrected chi connectivity index (χ0v) is 9.50. The Bertz CT molecular complexity index is 499. The third-order valence-corrected chi connectivity index (χ3v) is 2.83. The van der Waals surface area contributed by atoms with Crippen molar-refractivity contribution in [1.29, 1.82) is 0 Å². The van der Waals surface area contributed by atoms with Gasteiger partial charge in [0.2, 0.25) is 5.91 Å². The molecule has 96 valence electrons. The summed E-state index contributed by atoms with van der Waals surface area (Å²) >= 11 is 0. The normalized spacial score (nSPS) is 16.9. The standard InChI is InChI=1S/C12H13NO5/c13-10(15)4-9(14)11(16)6-1-2-7-5-18-12(17)8(7)3-6/h1-3,9,11,14,16H,4-5H2,(H2,13,15). The molecule has 1 aliphatic heterocycles. The minimum atomic E-state index is -1.29. The van der Waals surface area contributed by atoms with E-state index in [1.165, 1.54) is 6.07 Å². The Morgan fingerprint density at radius 3 is 2.83 bits per heavy atom. The highest BCUT2D eigenvalue weighted by Crippen LogP contribution is 2.26. The van der Waals surface area contributed by atoms with Gasteiger partial charge in [-0.05, 0) is 11.6 Å². The molecule has 1 amide bonds. The van der Waals surface area contributed by atoms with Crippen molar-refractivity contribution >= 4 is 11.9 Å². The van der Waals surface area contributed by atoms with Gasteiger partial charge in [-0.15, -0.1) is 0 Å². The molecule has 0 fully saturated rings. The van der Waals surface area contributed by atoms with Gasteiger partial charge in [-0.25, -0.2) is 4.79 Å². The average Bonchev–Trinajstić information content (AvgIpc) is 2.69. The first kappa shape index (κ1) is 12.5. The van der Waals surface area contributed by atoms with E-state index in [1.807, 2.05) is 0 Å². The molecule has 1 aliphatic rings. The quantitative estimate of drug-likeness (QED) is 0.632. The lowest BCUT2D eigenvalue weighted by molar-refractivity contribution is -0.121. The van der Waals surface area contributed by atoms with Gasteiger partial charge < -0.3 is 20.7 Å². The van der Waals surface area contributed by atoms with Crippen LogP contribution >= 0.6 is 0 Å². The van der Waals surface area contributed by atoms with Crippen LogP contribution in [0.1, 0.15) is 34.0 Å². The number of aliphatic hydroxyl groups is 2. The molecule has 6 nitrogen and oxygen atoms in total. The predicted octanol–water partition coefficient (Wildman–Crippen LogP) is -0.373. The van der Waals surface area contributed by atoms with E-state index in [9.17, 15) is 19.8 Å². The van der Waals surface area contributed by atoms with Crippen LogP contribution in [0.3, 0.4) is 0 Å². The van der Waals surface area contributed by atoms with E-state index in [2.05, 4.69) is 0 Å². The van der Waals surface area contributed by atoms with Crippen molar-refractivity contribution in [3.63, 3.8) is 0 Å². The van der Waals surface area contributed by atoms with Crippen molar-refractivity contribution in [3.8, 4) is 0 Å². The molecule has 0 saturated heterocycles. The lowest BCUT2D eigenvalue weighted by Crippen LogP contribution is -2.25. The lowest BCUT2D eigenvalue weighted by Gasteiger charge is -2.17. The van der Waals surface area contributed by atoms with Crippen LogP contribution in [0.4, 0.5) is 0 Å². The summed E-state index contributed by atoms with van der Waals surface area (Å²) < 4.78 is 4.83. The largest absolute Gasteiger partial charge is 0.457 e. The number of carbonyl (C=O) groups is 2. The van der Waals surface area contributed by atoms with Gasteiger partial charge in [-0.1, -0.05) is 12.1 Å². The molecule has 18 heavy (non-hydrogen) atoms. The fraction of sp³-hybridized carbons (Fsp3) is 0.333. The van der Waals surface area contributed by atoms with E-state index in [0.29, 0.717) is 11.1 Å². The first-order valence-corrected chi connectivity index (χ1v) is 5.43. The molecule has 4 N–H and O–H groups in total. The van der Waals surface area contributed by atoms with Crippen molar-refractivity contribution in [1.82, 2.24) is 0 Å². The number of nitrogens with two attached hydrogens (primary N) is 1. The summed E-state index contributed by atoms with van der Waals surface area (Å²) in [5.74, 6) is -1.16. The monoisotopic (exact) mass is 251 g/mol. The summed E-state index contributed by atoms with van der Waals surface area (Å²) in [4.78, 5) is 22.0. The van der Waals surface area contributed by atoms with Gasteiger partial charge in [0.05, 0.1) is 18.1 Å². The molecule has 6 heteroatoms. The van der Waals surface area contributed by atoms with E-state index < -0.39 is 24.1 Å². The van der Waals surface area contributed by atoms with Gasteiger partial charge in [0, 0.05) is 5.56 Å². The number of amides is 1. The molecule has 1 aromatic carbocycles. The minimum absolute atomic E-state index is 0.217. The molecule has 0 aromatic heterocycles. The van der Waals surface area contributed by atoms with E-state index in [4.69, 9.17) is 10.5 Å². The number of ether oxygens (including phenoxy) is 1. The summed E-state index contributed by atoms with van der Waals surface area (Å²) in [5.41, 5.74) is 6.40. The van der Waals surface area contributed by atoms with E-state index >= 15 is 0 Å². The molecule has 0 saturated carbocycles. The van der Waals surface area contributed by atoms with Gasteiger partial charge in [-0.3, -0.25) is 4.79 Å². The molecule has 1 aromatic rings. The van der Waals surface area contributed by atoms with Crippen LogP contribution in [-0.2, 0) is 16.1 Å². The number of hydrogen-bond donors (Lipinski definition) is 3. The summed E-state index contributed by atoms with van der Waals surface area (Å²) in [7, 11) is 0. The number of rotatable bonds is 4. The van der Waals surface area contributed by atoms with Crippen LogP contribution in [0.5, 0.6) is 0 Å². The first-order valence-electron chi connectivity index (χ1n) is 5.43. The van der Waals surface area contributed by atoms with E-state index in [1.54, 1.807) is 12.1 Å². The van der Waals surface area contributed by atoms with Crippen LogP contribution in [0.2, 0.25) is 0 Å². The summed E-state index contributed by atoms with van der Waals surface area (Å²) in [6.07, 6.45) is -2.91. The van der Waals surface area contributed by atoms with Gasteiger partial charge in [0.25, 0.3) is 0 Å². The highest BCUT2D eigenvalue weighted by molar-refractivity contribution is 5.93. The molecule has 0 radical (unpaired) electrons. The second-order valence-electron chi connectivity index (χ2n) is 4.18. The maximum Gasteiger partial charge on any atom is 0.338 e. The Labute approximate surface area is 103 Å². The zero-order chi connectivity index (χ0) is 13.3. The Kier molecular flexibility index (Phi) is 3.31. The number of primary amides is 1.